The van der Waals surface area contributed by atoms with Gasteiger partial charge in [-0.25, -0.2) is 8.42 Å². The van der Waals surface area contributed by atoms with Crippen molar-refractivity contribution in [2.45, 2.75) is 9.79 Å². The number of carbonyl (C=O) groups excluding carboxylic acids is 1. The number of benzene rings is 3. The van der Waals surface area contributed by atoms with E-state index in [0.29, 0.717) is 10.7 Å². The number of fused-ring (bicyclic) bond motifs is 1. The zero-order chi connectivity index (χ0) is 22.2. The topological polar surface area (TPSA) is 116 Å². The lowest BCUT2D eigenvalue weighted by atomic mass is 10.1. The molecular formula is C22H15ClN2O5S. The number of H-pyrrole nitrogens is 1. The third kappa shape index (κ3) is 3.90. The molecule has 0 aliphatic carbocycles. The number of halogens is 1. The molecule has 0 atom stereocenters. The lowest BCUT2D eigenvalue weighted by molar-refractivity contribution is 0.102. The van der Waals surface area contributed by atoms with Crippen LogP contribution in [-0.2, 0) is 9.84 Å². The highest BCUT2D eigenvalue weighted by molar-refractivity contribution is 7.91. The Kier molecular flexibility index (Phi) is 5.26. The van der Waals surface area contributed by atoms with Crippen molar-refractivity contribution in [2.75, 3.05) is 5.32 Å². The minimum absolute atomic E-state index is 0.0946. The van der Waals surface area contributed by atoms with Crippen molar-refractivity contribution in [2.24, 2.45) is 0 Å². The van der Waals surface area contributed by atoms with Gasteiger partial charge >= 0.3 is 0 Å². The van der Waals surface area contributed by atoms with Gasteiger partial charge in [0.15, 0.2) is 4.90 Å². The summed E-state index contributed by atoms with van der Waals surface area (Å²) in [6.07, 6.45) is 0. The average molecular weight is 455 g/mol. The average Bonchev–Trinajstić information content (AvgIpc) is 2.75. The molecule has 3 aromatic carbocycles. The SMILES string of the molecule is O=C(Nc1ccc(Cl)cc1)c1ccc2c(O)c(S(=O)(=O)c3ccccc3)c(=O)[nH]c2c1. The molecule has 0 aliphatic rings. The van der Waals surface area contributed by atoms with Crippen LogP contribution < -0.4 is 10.9 Å². The molecule has 0 aliphatic heterocycles. The van der Waals surface area contributed by atoms with Gasteiger partial charge in [-0.2, -0.15) is 0 Å². The summed E-state index contributed by atoms with van der Waals surface area (Å²) < 4.78 is 25.7. The zero-order valence-corrected chi connectivity index (χ0v) is 17.4. The van der Waals surface area contributed by atoms with Gasteiger partial charge in [-0.15, -0.1) is 0 Å². The van der Waals surface area contributed by atoms with Crippen molar-refractivity contribution >= 4 is 43.9 Å². The number of aromatic nitrogens is 1. The molecule has 3 N–H and O–H groups in total. The number of anilines is 1. The molecule has 4 aromatic rings. The van der Waals surface area contributed by atoms with Crippen molar-refractivity contribution in [3.63, 3.8) is 0 Å². The summed E-state index contributed by atoms with van der Waals surface area (Å²) in [5, 5.41) is 13.9. The zero-order valence-electron chi connectivity index (χ0n) is 15.8. The highest BCUT2D eigenvalue weighted by Gasteiger charge is 2.27. The van der Waals surface area contributed by atoms with E-state index in [2.05, 4.69) is 10.3 Å². The van der Waals surface area contributed by atoms with E-state index in [4.69, 9.17) is 11.6 Å². The Labute approximate surface area is 181 Å². The van der Waals surface area contributed by atoms with Gasteiger partial charge in [0.2, 0.25) is 9.84 Å². The van der Waals surface area contributed by atoms with Crippen LogP contribution in [0.1, 0.15) is 10.4 Å². The Balaban J connectivity index is 1.76. The predicted molar refractivity (Wildman–Crippen MR) is 118 cm³/mol. The van der Waals surface area contributed by atoms with E-state index in [-0.39, 0.29) is 21.4 Å². The van der Waals surface area contributed by atoms with Gasteiger partial charge in [0.25, 0.3) is 11.5 Å². The van der Waals surface area contributed by atoms with Gasteiger partial charge in [-0.3, -0.25) is 9.59 Å². The molecule has 31 heavy (non-hydrogen) atoms. The molecule has 156 valence electrons. The van der Waals surface area contributed by atoms with Gasteiger partial charge in [0.05, 0.1) is 10.4 Å². The maximum atomic E-state index is 12.9. The summed E-state index contributed by atoms with van der Waals surface area (Å²) in [5.41, 5.74) is -0.131. The highest BCUT2D eigenvalue weighted by atomic mass is 35.5. The van der Waals surface area contributed by atoms with Crippen LogP contribution in [0.5, 0.6) is 5.75 Å². The molecule has 0 fully saturated rings. The molecule has 4 rings (SSSR count). The van der Waals surface area contributed by atoms with Crippen LogP contribution in [0.3, 0.4) is 0 Å². The van der Waals surface area contributed by atoms with E-state index in [1.165, 1.54) is 42.5 Å². The van der Waals surface area contributed by atoms with Crippen molar-refractivity contribution in [1.82, 2.24) is 4.98 Å². The summed E-state index contributed by atoms with van der Waals surface area (Å²) in [4.78, 5) is 26.7. The molecule has 1 heterocycles. The number of hydrogen-bond donors (Lipinski definition) is 3. The van der Waals surface area contributed by atoms with E-state index in [0.717, 1.165) is 0 Å². The van der Waals surface area contributed by atoms with E-state index in [1.54, 1.807) is 30.3 Å². The first-order chi connectivity index (χ1) is 14.8. The van der Waals surface area contributed by atoms with Crippen LogP contribution >= 0.6 is 11.6 Å². The quantitative estimate of drug-likeness (QED) is 0.431. The summed E-state index contributed by atoms with van der Waals surface area (Å²) in [6, 6.07) is 18.0. The van der Waals surface area contributed by atoms with Crippen molar-refractivity contribution in [3.05, 3.63) is 93.7 Å². The maximum absolute atomic E-state index is 12.9. The van der Waals surface area contributed by atoms with E-state index >= 15 is 0 Å². The molecule has 0 saturated heterocycles. The highest BCUT2D eigenvalue weighted by Crippen LogP contribution is 2.31. The summed E-state index contributed by atoms with van der Waals surface area (Å²) in [6.45, 7) is 0. The van der Waals surface area contributed by atoms with Crippen molar-refractivity contribution in [1.29, 1.82) is 0 Å². The van der Waals surface area contributed by atoms with Crippen LogP contribution in [0.4, 0.5) is 5.69 Å². The molecular weight excluding hydrogens is 440 g/mol. The van der Waals surface area contributed by atoms with Gasteiger partial charge in [-0.05, 0) is 54.6 Å². The third-order valence-electron chi connectivity index (χ3n) is 4.63. The Morgan fingerprint density at radius 1 is 0.968 bits per heavy atom. The maximum Gasteiger partial charge on any atom is 0.271 e. The predicted octanol–water partition coefficient (Wildman–Crippen LogP) is 3.97. The second-order valence-electron chi connectivity index (χ2n) is 6.67. The van der Waals surface area contributed by atoms with E-state index in [9.17, 15) is 23.1 Å². The number of carbonyl (C=O) groups is 1. The Bertz CT molecular complexity index is 1460. The van der Waals surface area contributed by atoms with Gasteiger partial charge in [-0.1, -0.05) is 29.8 Å². The fourth-order valence-corrected chi connectivity index (χ4v) is 4.64. The molecule has 1 amide bonds. The Morgan fingerprint density at radius 2 is 1.65 bits per heavy atom. The number of nitrogens with one attached hydrogen (secondary N) is 2. The van der Waals surface area contributed by atoms with Crippen LogP contribution in [0.15, 0.2) is 87.4 Å². The summed E-state index contributed by atoms with van der Waals surface area (Å²) in [7, 11) is -4.25. The normalized spacial score (nSPS) is 11.4. The monoisotopic (exact) mass is 454 g/mol. The second-order valence-corrected chi connectivity index (χ2v) is 8.99. The first kappa shape index (κ1) is 20.6. The molecule has 0 bridgehead atoms. The molecule has 1 aromatic heterocycles. The number of rotatable bonds is 4. The Hall–Kier alpha value is -3.62. The first-order valence-corrected chi connectivity index (χ1v) is 10.9. The van der Waals surface area contributed by atoms with Crippen LogP contribution in [0.25, 0.3) is 10.9 Å². The van der Waals surface area contributed by atoms with Crippen LogP contribution in [0, 0.1) is 0 Å². The van der Waals surface area contributed by atoms with Crippen molar-refractivity contribution in [3.8, 4) is 5.75 Å². The molecule has 9 heteroatoms. The number of sulfone groups is 1. The summed E-state index contributed by atoms with van der Waals surface area (Å²) >= 11 is 5.83. The Morgan fingerprint density at radius 3 is 2.32 bits per heavy atom. The first-order valence-electron chi connectivity index (χ1n) is 9.03. The number of aromatic hydroxyl groups is 1. The number of aromatic amines is 1. The van der Waals surface area contributed by atoms with Crippen LogP contribution in [-0.4, -0.2) is 24.4 Å². The molecule has 0 radical (unpaired) electrons. The van der Waals surface area contributed by atoms with E-state index < -0.39 is 31.9 Å². The molecule has 0 unspecified atom stereocenters. The number of hydrogen-bond acceptors (Lipinski definition) is 5. The third-order valence-corrected chi connectivity index (χ3v) is 6.69. The standard InChI is InChI=1S/C22H15ClN2O5S/c23-14-7-9-15(10-8-14)24-21(27)13-6-11-17-18(12-13)25-22(28)20(19(17)26)31(29,30)16-4-2-1-3-5-16/h1-12H,(H,24,27)(H2,25,26,28). The smallest absolute Gasteiger partial charge is 0.271 e. The fourth-order valence-electron chi connectivity index (χ4n) is 3.11. The molecule has 0 spiro atoms. The van der Waals surface area contributed by atoms with Crippen LogP contribution in [0.2, 0.25) is 5.02 Å². The van der Waals surface area contributed by atoms with E-state index in [1.807, 2.05) is 0 Å². The van der Waals surface area contributed by atoms with Gasteiger partial charge < -0.3 is 15.4 Å². The van der Waals surface area contributed by atoms with Crippen molar-refractivity contribution < 1.29 is 18.3 Å². The lowest BCUT2D eigenvalue weighted by Crippen LogP contribution is -2.18. The molecule has 0 saturated carbocycles. The van der Waals surface area contributed by atoms with Gasteiger partial charge in [0, 0.05) is 21.7 Å². The molecule has 7 nitrogen and oxygen atoms in total. The fraction of sp³-hybridized carbons (Fsp3) is 0. The lowest BCUT2D eigenvalue weighted by Gasteiger charge is -2.10. The largest absolute Gasteiger partial charge is 0.506 e. The minimum Gasteiger partial charge on any atom is -0.506 e. The minimum atomic E-state index is -4.25. The van der Waals surface area contributed by atoms with Gasteiger partial charge in [0.1, 0.15) is 5.75 Å². The summed E-state index contributed by atoms with van der Waals surface area (Å²) in [5.74, 6) is -1.13. The number of pyridine rings is 1. The second kappa shape index (κ2) is 7.90. The number of amides is 1.